The lowest BCUT2D eigenvalue weighted by molar-refractivity contribution is -0.0793. The fourth-order valence-corrected chi connectivity index (χ4v) is 1.79. The monoisotopic (exact) mass is 291 g/mol. The molecule has 4 nitrogen and oxygen atoms in total. The maximum Gasteiger partial charge on any atom is 0.397 e. The van der Waals surface area contributed by atoms with Gasteiger partial charge in [-0.15, -0.1) is 0 Å². The molecule has 0 spiro atoms. The minimum absolute atomic E-state index is 0.104. The number of phenolic OH excluding ortho intramolecular Hbond substituents is 1. The van der Waals surface area contributed by atoms with Crippen LogP contribution in [0.25, 0.3) is 0 Å². The fraction of sp³-hybridized carbons (Fsp3) is 0.250. The SMILES string of the molecule is CC.Cc1cccc(Cc2cccc(C(=O)OF)n2)c1O. The Bertz CT molecular complexity index is 614. The van der Waals surface area contributed by atoms with Crippen molar-refractivity contribution >= 4 is 5.97 Å². The Labute approximate surface area is 123 Å². The van der Waals surface area contributed by atoms with Crippen molar-refractivity contribution in [3.05, 3.63) is 58.9 Å². The molecule has 0 aliphatic rings. The largest absolute Gasteiger partial charge is 0.507 e. The summed E-state index contributed by atoms with van der Waals surface area (Å²) in [6, 6.07) is 10.0. The third-order valence-electron chi connectivity index (χ3n) is 2.78. The second-order valence-corrected chi connectivity index (χ2v) is 4.14. The van der Waals surface area contributed by atoms with E-state index in [2.05, 4.69) is 9.93 Å². The highest BCUT2D eigenvalue weighted by molar-refractivity contribution is 5.86. The third-order valence-corrected chi connectivity index (χ3v) is 2.78. The Balaban J connectivity index is 0.00000106. The highest BCUT2D eigenvalue weighted by Gasteiger charge is 2.11. The molecule has 2 rings (SSSR count). The Kier molecular flexibility index (Phi) is 6.33. The van der Waals surface area contributed by atoms with E-state index in [1.807, 2.05) is 19.9 Å². The number of para-hydroxylation sites is 1. The van der Waals surface area contributed by atoms with Gasteiger partial charge >= 0.3 is 5.97 Å². The van der Waals surface area contributed by atoms with Gasteiger partial charge in [-0.3, -0.25) is 0 Å². The number of phenols is 1. The standard InChI is InChI=1S/C14H12FNO3.C2H6/c1-9-4-2-5-10(13(9)17)8-11-6-3-7-12(16-11)14(18)19-15;1-2/h2-7,17H,8H2,1H3;1-2H3. The lowest BCUT2D eigenvalue weighted by Crippen LogP contribution is -2.04. The molecule has 1 aromatic heterocycles. The topological polar surface area (TPSA) is 59.4 Å². The van der Waals surface area contributed by atoms with E-state index >= 15 is 0 Å². The number of nitrogens with zero attached hydrogens (tertiary/aromatic N) is 1. The number of benzene rings is 1. The van der Waals surface area contributed by atoms with E-state index in [9.17, 15) is 14.4 Å². The summed E-state index contributed by atoms with van der Waals surface area (Å²) >= 11 is 0. The fourth-order valence-electron chi connectivity index (χ4n) is 1.79. The van der Waals surface area contributed by atoms with Crippen LogP contribution >= 0.6 is 0 Å². The zero-order valence-electron chi connectivity index (χ0n) is 12.3. The molecule has 0 bridgehead atoms. The molecule has 0 aliphatic heterocycles. The van der Waals surface area contributed by atoms with Crippen LogP contribution in [0.3, 0.4) is 0 Å². The van der Waals surface area contributed by atoms with E-state index < -0.39 is 5.97 Å². The maximum atomic E-state index is 11.8. The molecule has 0 radical (unpaired) electrons. The van der Waals surface area contributed by atoms with Gasteiger partial charge in [0.2, 0.25) is 0 Å². The molecule has 112 valence electrons. The normalized spacial score (nSPS) is 9.52. The van der Waals surface area contributed by atoms with Gasteiger partial charge in [-0.2, -0.15) is 0 Å². The molecule has 0 fully saturated rings. The average Bonchev–Trinajstić information content (AvgIpc) is 2.53. The van der Waals surface area contributed by atoms with Gasteiger partial charge in [0.25, 0.3) is 0 Å². The van der Waals surface area contributed by atoms with Gasteiger partial charge in [0, 0.05) is 22.2 Å². The Morgan fingerprint density at radius 1 is 1.24 bits per heavy atom. The van der Waals surface area contributed by atoms with Crippen molar-refractivity contribution in [1.82, 2.24) is 4.98 Å². The highest BCUT2D eigenvalue weighted by Crippen LogP contribution is 2.23. The summed E-state index contributed by atoms with van der Waals surface area (Å²) in [7, 11) is 0. The number of hydrogen-bond acceptors (Lipinski definition) is 4. The first-order chi connectivity index (χ1) is 10.1. The molecule has 5 heteroatoms. The average molecular weight is 291 g/mol. The summed E-state index contributed by atoms with van der Waals surface area (Å²) in [5, 5.41) is 9.90. The molecule has 0 saturated heterocycles. The number of aryl methyl sites for hydroxylation is 1. The first kappa shape index (κ1) is 16.6. The number of carbonyl (C=O) groups excluding carboxylic acids is 1. The number of hydrogen-bond donors (Lipinski definition) is 1. The smallest absolute Gasteiger partial charge is 0.397 e. The third kappa shape index (κ3) is 4.27. The van der Waals surface area contributed by atoms with E-state index in [1.54, 1.807) is 31.2 Å². The first-order valence-corrected chi connectivity index (χ1v) is 6.68. The molecule has 0 saturated carbocycles. The molecule has 0 amide bonds. The van der Waals surface area contributed by atoms with Crippen LogP contribution in [0.15, 0.2) is 36.4 Å². The van der Waals surface area contributed by atoms with Crippen LogP contribution in [0.2, 0.25) is 0 Å². The lowest BCUT2D eigenvalue weighted by Gasteiger charge is -2.07. The number of aromatic nitrogens is 1. The van der Waals surface area contributed by atoms with Crippen LogP contribution in [0.1, 0.15) is 41.2 Å². The molecule has 2 aromatic rings. The second kappa shape index (κ2) is 7.99. The van der Waals surface area contributed by atoms with Gasteiger partial charge in [0.15, 0.2) is 5.69 Å². The van der Waals surface area contributed by atoms with Crippen LogP contribution in [-0.2, 0) is 11.4 Å². The summed E-state index contributed by atoms with van der Waals surface area (Å²) in [4.78, 5) is 18.1. The van der Waals surface area contributed by atoms with E-state index in [-0.39, 0.29) is 11.4 Å². The molecule has 1 aromatic carbocycles. The van der Waals surface area contributed by atoms with Gasteiger partial charge < -0.3 is 5.11 Å². The highest BCUT2D eigenvalue weighted by atomic mass is 19.3. The van der Waals surface area contributed by atoms with Gasteiger partial charge in [0.1, 0.15) is 5.75 Å². The predicted octanol–water partition coefficient (Wildman–Crippen LogP) is 3.75. The van der Waals surface area contributed by atoms with Gasteiger partial charge in [-0.05, 0) is 24.6 Å². The maximum absolute atomic E-state index is 11.8. The van der Waals surface area contributed by atoms with Crippen molar-refractivity contribution in [2.75, 3.05) is 0 Å². The molecule has 21 heavy (non-hydrogen) atoms. The van der Waals surface area contributed by atoms with Crippen molar-refractivity contribution in [2.45, 2.75) is 27.2 Å². The number of halogens is 1. The number of carbonyl (C=O) groups is 1. The molecule has 1 heterocycles. The van der Waals surface area contributed by atoms with Crippen LogP contribution in [-0.4, -0.2) is 16.1 Å². The summed E-state index contributed by atoms with van der Waals surface area (Å²) in [6.45, 7) is 5.79. The number of pyridine rings is 1. The first-order valence-electron chi connectivity index (χ1n) is 6.68. The lowest BCUT2D eigenvalue weighted by atomic mass is 10.0. The summed E-state index contributed by atoms with van der Waals surface area (Å²) in [6.07, 6.45) is 0.348. The summed E-state index contributed by atoms with van der Waals surface area (Å²) in [5.74, 6) is -0.932. The molecule has 0 unspecified atom stereocenters. The zero-order chi connectivity index (χ0) is 15.8. The molecule has 1 N–H and O–H groups in total. The van der Waals surface area contributed by atoms with Gasteiger partial charge in [0.05, 0.1) is 0 Å². The van der Waals surface area contributed by atoms with Crippen LogP contribution in [0.5, 0.6) is 5.75 Å². The second-order valence-electron chi connectivity index (χ2n) is 4.14. The Morgan fingerprint density at radius 2 is 1.90 bits per heavy atom. The van der Waals surface area contributed by atoms with E-state index in [0.29, 0.717) is 17.7 Å². The van der Waals surface area contributed by atoms with Crippen molar-refractivity contribution in [3.63, 3.8) is 0 Å². The van der Waals surface area contributed by atoms with E-state index in [4.69, 9.17) is 0 Å². The Morgan fingerprint density at radius 3 is 2.57 bits per heavy atom. The van der Waals surface area contributed by atoms with E-state index in [1.165, 1.54) is 6.07 Å². The molecule has 0 atom stereocenters. The van der Waals surface area contributed by atoms with E-state index in [0.717, 1.165) is 5.56 Å². The predicted molar refractivity (Wildman–Crippen MR) is 77.8 cm³/mol. The quantitative estimate of drug-likeness (QED) is 0.935. The van der Waals surface area contributed by atoms with Crippen LogP contribution in [0, 0.1) is 6.92 Å². The summed E-state index contributed by atoms with van der Waals surface area (Å²) in [5.41, 5.74) is 1.89. The van der Waals surface area contributed by atoms with Crippen LogP contribution < -0.4 is 0 Å². The molecular formula is C16H18FNO3. The van der Waals surface area contributed by atoms with Crippen molar-refractivity contribution in [3.8, 4) is 5.75 Å². The van der Waals surface area contributed by atoms with Crippen LogP contribution in [0.4, 0.5) is 4.53 Å². The molecular weight excluding hydrogens is 273 g/mol. The van der Waals surface area contributed by atoms with Gasteiger partial charge in [-0.1, -0.05) is 38.1 Å². The minimum Gasteiger partial charge on any atom is -0.507 e. The van der Waals surface area contributed by atoms with Gasteiger partial charge in [-0.25, -0.2) is 14.7 Å². The van der Waals surface area contributed by atoms with Crippen molar-refractivity contribution in [1.29, 1.82) is 0 Å². The van der Waals surface area contributed by atoms with Crippen molar-refractivity contribution < 1.29 is 19.4 Å². The Hall–Kier alpha value is -2.43. The zero-order valence-corrected chi connectivity index (χ0v) is 12.3. The number of aromatic hydroxyl groups is 1. The minimum atomic E-state index is -1.13. The number of rotatable bonds is 3. The van der Waals surface area contributed by atoms with Crippen molar-refractivity contribution in [2.24, 2.45) is 0 Å². The summed E-state index contributed by atoms with van der Waals surface area (Å²) < 4.78 is 11.8. The molecule has 0 aliphatic carbocycles.